The molecular weight excluding hydrogens is 416 g/mol. The highest BCUT2D eigenvalue weighted by Crippen LogP contribution is 2.50. The number of para-hydroxylation sites is 1. The molecule has 1 aromatic rings. The van der Waals surface area contributed by atoms with E-state index in [1.807, 2.05) is 29.2 Å². The van der Waals surface area contributed by atoms with Gasteiger partial charge in [0.05, 0.1) is 24.6 Å². The van der Waals surface area contributed by atoms with E-state index < -0.39 is 10.1 Å². The van der Waals surface area contributed by atoms with Gasteiger partial charge in [0.15, 0.2) is 0 Å². The third kappa shape index (κ3) is 4.07. The number of β-amino-alcohol motifs (C(OH)–C–C–N with tert-alkyl or cyclic N) is 1. The maximum Gasteiger partial charge on any atom is 0.268 e. The Morgan fingerprint density at radius 1 is 1.12 bits per heavy atom. The van der Waals surface area contributed by atoms with Crippen molar-refractivity contribution in [2.75, 3.05) is 30.3 Å². The van der Waals surface area contributed by atoms with Crippen LogP contribution in [0.25, 0.3) is 0 Å². The SMILES string of the molecule is O=C1C(=C2Sc3ccccc3N2CCCS(=O)(=O)O)SC(=S)N1CCO. The highest BCUT2D eigenvalue weighted by atomic mass is 32.2. The molecule has 3 rings (SSSR count). The van der Waals surface area contributed by atoms with Gasteiger partial charge < -0.3 is 10.0 Å². The molecule has 140 valence electrons. The summed E-state index contributed by atoms with van der Waals surface area (Å²) in [6, 6.07) is 7.59. The molecule has 1 amide bonds. The first kappa shape index (κ1) is 19.6. The fraction of sp³-hybridized carbons (Fsp3) is 0.333. The van der Waals surface area contributed by atoms with Crippen molar-refractivity contribution in [3.63, 3.8) is 0 Å². The van der Waals surface area contributed by atoms with E-state index in [4.69, 9.17) is 21.9 Å². The van der Waals surface area contributed by atoms with Gasteiger partial charge in [-0.2, -0.15) is 8.42 Å². The van der Waals surface area contributed by atoms with E-state index in [1.54, 1.807) is 0 Å². The summed E-state index contributed by atoms with van der Waals surface area (Å²) in [5.41, 5.74) is 0.885. The van der Waals surface area contributed by atoms with Crippen molar-refractivity contribution in [3.8, 4) is 0 Å². The highest BCUT2D eigenvalue weighted by Gasteiger charge is 2.38. The summed E-state index contributed by atoms with van der Waals surface area (Å²) >= 11 is 7.85. The smallest absolute Gasteiger partial charge is 0.268 e. The number of anilines is 1. The average molecular weight is 433 g/mol. The van der Waals surface area contributed by atoms with Gasteiger partial charge in [0, 0.05) is 11.4 Å². The summed E-state index contributed by atoms with van der Waals surface area (Å²) in [7, 11) is -4.04. The van der Waals surface area contributed by atoms with E-state index >= 15 is 0 Å². The van der Waals surface area contributed by atoms with E-state index in [1.165, 1.54) is 28.4 Å². The van der Waals surface area contributed by atoms with Crippen LogP contribution in [0, 0.1) is 0 Å². The van der Waals surface area contributed by atoms with Crippen molar-refractivity contribution in [2.24, 2.45) is 0 Å². The zero-order valence-electron chi connectivity index (χ0n) is 13.5. The second kappa shape index (κ2) is 7.87. The predicted molar refractivity (Wildman–Crippen MR) is 107 cm³/mol. The Morgan fingerprint density at radius 2 is 1.85 bits per heavy atom. The van der Waals surface area contributed by atoms with Gasteiger partial charge in [0.25, 0.3) is 16.0 Å². The minimum Gasteiger partial charge on any atom is -0.395 e. The number of aliphatic hydroxyl groups is 1. The monoisotopic (exact) mass is 432 g/mol. The lowest BCUT2D eigenvalue weighted by Crippen LogP contribution is -2.31. The molecule has 0 aromatic heterocycles. The van der Waals surface area contributed by atoms with Gasteiger partial charge in [-0.05, 0) is 18.6 Å². The Kier molecular flexibility index (Phi) is 5.94. The van der Waals surface area contributed by atoms with Crippen molar-refractivity contribution < 1.29 is 22.9 Å². The summed E-state index contributed by atoms with van der Waals surface area (Å²) in [5, 5.41) is 9.82. The standard InChI is InChI=1S/C15H16N2O5S4/c18-8-7-17-13(19)12(25-15(17)23)14-16(6-3-9-26(20,21)22)10-4-1-2-5-11(10)24-14/h1-2,4-5,18H,3,6-9H2,(H,20,21,22). The number of nitrogens with zero attached hydrogens (tertiary/aromatic N) is 2. The van der Waals surface area contributed by atoms with Gasteiger partial charge in [-0.15, -0.1) is 0 Å². The second-order valence-electron chi connectivity index (χ2n) is 5.54. The van der Waals surface area contributed by atoms with Gasteiger partial charge in [-0.1, -0.05) is 47.9 Å². The molecule has 0 spiro atoms. The largest absolute Gasteiger partial charge is 0.395 e. The molecule has 2 aliphatic heterocycles. The first-order valence-electron chi connectivity index (χ1n) is 7.70. The van der Waals surface area contributed by atoms with E-state index in [0.717, 1.165) is 10.6 Å². The van der Waals surface area contributed by atoms with Crippen LogP contribution in [0.1, 0.15) is 6.42 Å². The zero-order chi connectivity index (χ0) is 18.9. The van der Waals surface area contributed by atoms with E-state index in [9.17, 15) is 13.2 Å². The molecule has 26 heavy (non-hydrogen) atoms. The molecule has 0 unspecified atom stereocenters. The van der Waals surface area contributed by atoms with Crippen LogP contribution in [0.15, 0.2) is 39.1 Å². The number of thiocarbonyl (C=S) groups is 1. The molecule has 11 heteroatoms. The molecule has 1 aromatic carbocycles. The highest BCUT2D eigenvalue weighted by molar-refractivity contribution is 8.27. The van der Waals surface area contributed by atoms with Crippen LogP contribution in [0.5, 0.6) is 0 Å². The minimum atomic E-state index is -4.04. The first-order valence-corrected chi connectivity index (χ1v) is 11.4. The molecule has 1 fully saturated rings. The Bertz CT molecular complexity index is 884. The molecule has 0 aliphatic carbocycles. The van der Waals surface area contributed by atoms with Gasteiger partial charge in [0.2, 0.25) is 0 Å². The van der Waals surface area contributed by atoms with Crippen LogP contribution in [0.2, 0.25) is 0 Å². The molecular formula is C15H16N2O5S4. The van der Waals surface area contributed by atoms with Crippen LogP contribution in [0.3, 0.4) is 0 Å². The topological polar surface area (TPSA) is 98.2 Å². The number of amides is 1. The molecule has 0 radical (unpaired) electrons. The van der Waals surface area contributed by atoms with Crippen molar-refractivity contribution in [3.05, 3.63) is 34.2 Å². The Morgan fingerprint density at radius 3 is 2.54 bits per heavy atom. The molecule has 2 aliphatic rings. The van der Waals surface area contributed by atoms with Crippen LogP contribution in [-0.4, -0.2) is 58.7 Å². The number of carbonyl (C=O) groups excluding carboxylic acids is 1. The van der Waals surface area contributed by atoms with Gasteiger partial charge >= 0.3 is 0 Å². The maximum atomic E-state index is 12.7. The summed E-state index contributed by atoms with van der Waals surface area (Å²) in [4.78, 5) is 17.4. The zero-order valence-corrected chi connectivity index (χ0v) is 16.8. The van der Waals surface area contributed by atoms with Crippen molar-refractivity contribution in [1.29, 1.82) is 0 Å². The van der Waals surface area contributed by atoms with Crippen LogP contribution in [0.4, 0.5) is 5.69 Å². The number of carbonyl (C=O) groups is 1. The fourth-order valence-electron chi connectivity index (χ4n) is 2.65. The summed E-state index contributed by atoms with van der Waals surface area (Å²) in [6.07, 6.45) is 0.216. The number of hydrogen-bond acceptors (Lipinski definition) is 8. The summed E-state index contributed by atoms with van der Waals surface area (Å²) in [5.74, 6) is -0.612. The molecule has 7 nitrogen and oxygen atoms in total. The number of aliphatic hydroxyl groups excluding tert-OH is 1. The van der Waals surface area contributed by atoms with Gasteiger partial charge in [-0.25, -0.2) is 0 Å². The van der Waals surface area contributed by atoms with Crippen LogP contribution >= 0.6 is 35.7 Å². The third-order valence-electron chi connectivity index (χ3n) is 3.76. The van der Waals surface area contributed by atoms with Crippen molar-refractivity contribution >= 4 is 61.8 Å². The molecule has 2 N–H and O–H groups in total. The number of fused-ring (bicyclic) bond motifs is 1. The van der Waals surface area contributed by atoms with Crippen LogP contribution in [-0.2, 0) is 14.9 Å². The fourth-order valence-corrected chi connectivity index (χ4v) is 5.79. The minimum absolute atomic E-state index is 0.141. The number of hydrogen-bond donors (Lipinski definition) is 2. The summed E-state index contributed by atoms with van der Waals surface area (Å²) in [6.45, 7) is 0.297. The lowest BCUT2D eigenvalue weighted by molar-refractivity contribution is -0.122. The first-order chi connectivity index (χ1) is 12.3. The van der Waals surface area contributed by atoms with Gasteiger partial charge in [-0.3, -0.25) is 14.2 Å². The van der Waals surface area contributed by atoms with Crippen molar-refractivity contribution in [2.45, 2.75) is 11.3 Å². The molecule has 2 heterocycles. The molecule has 0 bridgehead atoms. The van der Waals surface area contributed by atoms with Crippen molar-refractivity contribution in [1.82, 2.24) is 4.90 Å². The molecule has 0 atom stereocenters. The summed E-state index contributed by atoms with van der Waals surface area (Å²) < 4.78 is 31.4. The third-order valence-corrected chi connectivity index (χ3v) is 7.31. The second-order valence-corrected chi connectivity index (χ2v) is 9.79. The average Bonchev–Trinajstić information content (AvgIpc) is 3.06. The maximum absolute atomic E-state index is 12.7. The van der Waals surface area contributed by atoms with Gasteiger partial charge in [0.1, 0.15) is 14.3 Å². The quantitative estimate of drug-likeness (QED) is 0.397. The molecule has 0 saturated carbocycles. The van der Waals surface area contributed by atoms with E-state index in [-0.39, 0.29) is 31.2 Å². The Labute approximate surface area is 165 Å². The predicted octanol–water partition coefficient (Wildman–Crippen LogP) is 1.90. The molecule has 1 saturated heterocycles. The lowest BCUT2D eigenvalue weighted by atomic mass is 10.3. The van der Waals surface area contributed by atoms with Crippen LogP contribution < -0.4 is 4.90 Å². The van der Waals surface area contributed by atoms with E-state index in [2.05, 4.69) is 0 Å². The normalized spacial score (nSPS) is 20.2. The number of rotatable bonds is 6. The Hall–Kier alpha value is -1.11. The number of benzene rings is 1. The number of thioether (sulfide) groups is 2. The van der Waals surface area contributed by atoms with E-state index in [0.29, 0.717) is 20.8 Å². The lowest BCUT2D eigenvalue weighted by Gasteiger charge is -2.21. The Balaban J connectivity index is 1.92.